The Morgan fingerprint density at radius 1 is 1.47 bits per heavy atom. The van der Waals surface area contributed by atoms with Crippen LogP contribution < -0.4 is 10.6 Å². The number of carbonyl (C=O) groups excluding carboxylic acids is 1. The lowest BCUT2D eigenvalue weighted by atomic mass is 9.93. The van der Waals surface area contributed by atoms with Crippen molar-refractivity contribution in [3.05, 3.63) is 29.8 Å². The average molecular weight is 232 g/mol. The number of para-hydroxylation sites is 1. The summed E-state index contributed by atoms with van der Waals surface area (Å²) in [5.74, 6) is -0.191. The molecule has 2 rings (SSSR count). The lowest BCUT2D eigenvalue weighted by molar-refractivity contribution is -0.118. The highest BCUT2D eigenvalue weighted by molar-refractivity contribution is 5.73. The predicted octanol–water partition coefficient (Wildman–Crippen LogP) is 2.09. The molecule has 0 aliphatic carbocycles. The van der Waals surface area contributed by atoms with Gasteiger partial charge < -0.3 is 10.6 Å². The number of benzene rings is 1. The third-order valence-electron chi connectivity index (χ3n) is 3.63. The molecule has 1 amide bonds. The van der Waals surface area contributed by atoms with Crippen LogP contribution >= 0.6 is 0 Å². The van der Waals surface area contributed by atoms with Crippen LogP contribution in [0.3, 0.4) is 0 Å². The molecule has 1 aliphatic rings. The molecule has 0 radical (unpaired) electrons. The standard InChI is InChI=1S/C14H20N2O/c1-16-12(6-4-8-14(15)17)10-9-11-5-2-3-7-13(11)16/h2-3,5,7,12H,4,6,8-10H2,1H3,(H2,15,17). The van der Waals surface area contributed by atoms with Crippen molar-refractivity contribution in [3.8, 4) is 0 Å². The minimum Gasteiger partial charge on any atom is -0.371 e. The molecule has 0 spiro atoms. The second-order valence-corrected chi connectivity index (χ2v) is 4.79. The highest BCUT2D eigenvalue weighted by atomic mass is 16.1. The van der Waals surface area contributed by atoms with Gasteiger partial charge in [0.2, 0.25) is 5.91 Å². The number of aryl methyl sites for hydroxylation is 1. The first-order valence-corrected chi connectivity index (χ1v) is 6.27. The minimum absolute atomic E-state index is 0.191. The summed E-state index contributed by atoms with van der Waals surface area (Å²) in [4.78, 5) is 13.1. The molecule has 0 fully saturated rings. The number of hydrogen-bond donors (Lipinski definition) is 1. The van der Waals surface area contributed by atoms with E-state index in [2.05, 4.69) is 36.2 Å². The summed E-state index contributed by atoms with van der Waals surface area (Å²) in [6.45, 7) is 0. The Morgan fingerprint density at radius 3 is 3.00 bits per heavy atom. The summed E-state index contributed by atoms with van der Waals surface area (Å²) >= 11 is 0. The van der Waals surface area contributed by atoms with Crippen LogP contribution in [0.25, 0.3) is 0 Å². The molecular weight excluding hydrogens is 212 g/mol. The zero-order valence-electron chi connectivity index (χ0n) is 10.4. The smallest absolute Gasteiger partial charge is 0.217 e. The first-order valence-electron chi connectivity index (χ1n) is 6.27. The second-order valence-electron chi connectivity index (χ2n) is 4.79. The van der Waals surface area contributed by atoms with Crippen LogP contribution in [-0.2, 0) is 11.2 Å². The minimum atomic E-state index is -0.191. The fourth-order valence-electron chi connectivity index (χ4n) is 2.63. The van der Waals surface area contributed by atoms with E-state index >= 15 is 0 Å². The molecule has 1 aliphatic heterocycles. The van der Waals surface area contributed by atoms with Crippen molar-refractivity contribution >= 4 is 11.6 Å². The van der Waals surface area contributed by atoms with Crippen LogP contribution in [0.2, 0.25) is 0 Å². The van der Waals surface area contributed by atoms with Crippen LogP contribution in [0.4, 0.5) is 5.69 Å². The number of hydrogen-bond acceptors (Lipinski definition) is 2. The summed E-state index contributed by atoms with van der Waals surface area (Å²) in [5, 5.41) is 0. The van der Waals surface area contributed by atoms with E-state index in [0.29, 0.717) is 12.5 Å². The third kappa shape index (κ3) is 2.78. The van der Waals surface area contributed by atoms with Crippen molar-refractivity contribution in [1.29, 1.82) is 0 Å². The maximum atomic E-state index is 10.7. The Balaban J connectivity index is 1.97. The Morgan fingerprint density at radius 2 is 2.24 bits per heavy atom. The van der Waals surface area contributed by atoms with Gasteiger partial charge in [-0.3, -0.25) is 4.79 Å². The highest BCUT2D eigenvalue weighted by Crippen LogP contribution is 2.30. The SMILES string of the molecule is CN1c2ccccc2CCC1CCCC(N)=O. The topological polar surface area (TPSA) is 46.3 Å². The zero-order valence-corrected chi connectivity index (χ0v) is 10.4. The number of amides is 1. The molecule has 17 heavy (non-hydrogen) atoms. The van der Waals surface area contributed by atoms with E-state index in [4.69, 9.17) is 5.73 Å². The van der Waals surface area contributed by atoms with E-state index in [1.165, 1.54) is 17.7 Å². The summed E-state index contributed by atoms with van der Waals surface area (Å²) in [7, 11) is 2.15. The van der Waals surface area contributed by atoms with Gasteiger partial charge in [-0.05, 0) is 37.3 Å². The quantitative estimate of drug-likeness (QED) is 0.864. The summed E-state index contributed by atoms with van der Waals surface area (Å²) in [6, 6.07) is 9.10. The molecular formula is C14H20N2O. The van der Waals surface area contributed by atoms with E-state index in [0.717, 1.165) is 19.3 Å². The van der Waals surface area contributed by atoms with Gasteiger partial charge in [0.05, 0.1) is 0 Å². The third-order valence-corrected chi connectivity index (χ3v) is 3.63. The van der Waals surface area contributed by atoms with Crippen LogP contribution in [0.15, 0.2) is 24.3 Å². The van der Waals surface area contributed by atoms with Gasteiger partial charge in [0.25, 0.3) is 0 Å². The summed E-state index contributed by atoms with van der Waals surface area (Å²) in [6.07, 6.45) is 4.76. The Kier molecular flexibility index (Phi) is 3.67. The zero-order chi connectivity index (χ0) is 12.3. The molecule has 1 unspecified atom stereocenters. The number of fused-ring (bicyclic) bond motifs is 1. The first kappa shape index (κ1) is 12.0. The summed E-state index contributed by atoms with van der Waals surface area (Å²) in [5.41, 5.74) is 7.93. The molecule has 92 valence electrons. The number of anilines is 1. The fraction of sp³-hybridized carbons (Fsp3) is 0.500. The molecule has 1 heterocycles. The van der Waals surface area contributed by atoms with Crippen molar-refractivity contribution in [3.63, 3.8) is 0 Å². The van der Waals surface area contributed by atoms with Gasteiger partial charge in [-0.25, -0.2) is 0 Å². The number of nitrogens with zero attached hydrogens (tertiary/aromatic N) is 1. The number of rotatable bonds is 4. The summed E-state index contributed by atoms with van der Waals surface area (Å²) < 4.78 is 0. The fourth-order valence-corrected chi connectivity index (χ4v) is 2.63. The van der Waals surface area contributed by atoms with Gasteiger partial charge in [0, 0.05) is 25.2 Å². The lowest BCUT2D eigenvalue weighted by Gasteiger charge is -2.36. The maximum Gasteiger partial charge on any atom is 0.217 e. The van der Waals surface area contributed by atoms with Gasteiger partial charge in [0.1, 0.15) is 0 Å². The maximum absolute atomic E-state index is 10.7. The van der Waals surface area contributed by atoms with Crippen LogP contribution in [-0.4, -0.2) is 19.0 Å². The van der Waals surface area contributed by atoms with Crippen LogP contribution in [0.1, 0.15) is 31.2 Å². The number of carbonyl (C=O) groups is 1. The largest absolute Gasteiger partial charge is 0.371 e. The van der Waals surface area contributed by atoms with E-state index in [1.807, 2.05) is 0 Å². The first-order chi connectivity index (χ1) is 8.18. The Labute approximate surface area is 103 Å². The molecule has 1 aromatic rings. The molecule has 1 aromatic carbocycles. The van der Waals surface area contributed by atoms with Gasteiger partial charge >= 0.3 is 0 Å². The second kappa shape index (κ2) is 5.21. The van der Waals surface area contributed by atoms with Gasteiger partial charge in [-0.15, -0.1) is 0 Å². The van der Waals surface area contributed by atoms with Crippen molar-refractivity contribution in [2.75, 3.05) is 11.9 Å². The molecule has 1 atom stereocenters. The van der Waals surface area contributed by atoms with Crippen LogP contribution in [0.5, 0.6) is 0 Å². The normalized spacial score (nSPS) is 18.9. The van der Waals surface area contributed by atoms with E-state index in [-0.39, 0.29) is 5.91 Å². The molecule has 2 N–H and O–H groups in total. The lowest BCUT2D eigenvalue weighted by Crippen LogP contribution is -2.36. The highest BCUT2D eigenvalue weighted by Gasteiger charge is 2.22. The number of nitrogens with two attached hydrogens (primary N) is 1. The molecule has 0 bridgehead atoms. The van der Waals surface area contributed by atoms with Crippen molar-refractivity contribution in [2.24, 2.45) is 5.73 Å². The predicted molar refractivity (Wildman–Crippen MR) is 70.0 cm³/mol. The van der Waals surface area contributed by atoms with E-state index in [9.17, 15) is 4.79 Å². The molecule has 3 heteroatoms. The molecule has 0 saturated heterocycles. The van der Waals surface area contributed by atoms with Gasteiger partial charge in [0.15, 0.2) is 0 Å². The van der Waals surface area contributed by atoms with E-state index in [1.54, 1.807) is 0 Å². The number of primary amides is 1. The molecule has 0 saturated carbocycles. The Hall–Kier alpha value is -1.51. The van der Waals surface area contributed by atoms with Gasteiger partial charge in [-0.1, -0.05) is 18.2 Å². The van der Waals surface area contributed by atoms with Crippen LogP contribution in [0, 0.1) is 0 Å². The Bertz CT molecular complexity index is 403. The van der Waals surface area contributed by atoms with Gasteiger partial charge in [-0.2, -0.15) is 0 Å². The molecule has 3 nitrogen and oxygen atoms in total. The van der Waals surface area contributed by atoms with Crippen molar-refractivity contribution in [1.82, 2.24) is 0 Å². The molecule has 0 aromatic heterocycles. The average Bonchev–Trinajstić information content (AvgIpc) is 2.32. The van der Waals surface area contributed by atoms with E-state index < -0.39 is 0 Å². The van der Waals surface area contributed by atoms with Crippen molar-refractivity contribution < 1.29 is 4.79 Å². The monoisotopic (exact) mass is 232 g/mol. The van der Waals surface area contributed by atoms with Crippen molar-refractivity contribution in [2.45, 2.75) is 38.1 Å².